The molecule has 0 bridgehead atoms. The fourth-order valence-electron chi connectivity index (χ4n) is 0.811. The van der Waals surface area contributed by atoms with Crippen LogP contribution in [0.4, 0.5) is 5.69 Å². The van der Waals surface area contributed by atoms with Gasteiger partial charge in [-0.05, 0) is 22.7 Å². The molecule has 1 rings (SSSR count). The molecule has 6 nitrogen and oxygen atoms in total. The molecule has 0 N–H and O–H groups in total. The lowest BCUT2D eigenvalue weighted by Gasteiger charge is -1.95. The normalized spacial score (nSPS) is 8.31. The van der Waals surface area contributed by atoms with Crippen molar-refractivity contribution in [1.82, 2.24) is 0 Å². The van der Waals surface area contributed by atoms with E-state index in [2.05, 4.69) is 20.1 Å². The van der Waals surface area contributed by atoms with Crippen molar-refractivity contribution in [2.24, 2.45) is 10.2 Å². The van der Waals surface area contributed by atoms with Crippen molar-refractivity contribution in [2.45, 2.75) is 0 Å². The van der Waals surface area contributed by atoms with Crippen LogP contribution in [0.3, 0.4) is 0 Å². The Hall–Kier alpha value is -2.16. The minimum Gasteiger partial charge on any atom is -0.0851 e. The van der Waals surface area contributed by atoms with Crippen LogP contribution in [0.2, 0.25) is 0 Å². The van der Waals surface area contributed by atoms with Gasteiger partial charge in [-0.2, -0.15) is 0 Å². The van der Waals surface area contributed by atoms with Gasteiger partial charge in [0.25, 0.3) is 0 Å². The van der Waals surface area contributed by atoms with Gasteiger partial charge in [0.1, 0.15) is 0 Å². The van der Waals surface area contributed by atoms with E-state index < -0.39 is 0 Å². The van der Waals surface area contributed by atoms with E-state index in [1.165, 1.54) is 6.54 Å². The highest BCUT2D eigenvalue weighted by Gasteiger charge is 1.91. The molecule has 1 aromatic carbocycles. The van der Waals surface area contributed by atoms with Crippen LogP contribution in [0.5, 0.6) is 0 Å². The summed E-state index contributed by atoms with van der Waals surface area (Å²) in [5, 5.41) is 6.67. The Labute approximate surface area is 74.1 Å². The maximum absolute atomic E-state index is 8.15. The maximum atomic E-state index is 8.15. The second kappa shape index (κ2) is 4.66. The minimum absolute atomic E-state index is 0.490. The van der Waals surface area contributed by atoms with Crippen molar-refractivity contribution < 1.29 is 0 Å². The molecule has 63 valence electrons. The van der Waals surface area contributed by atoms with Crippen molar-refractivity contribution in [1.29, 1.82) is 0 Å². The summed E-state index contributed by atoms with van der Waals surface area (Å²) in [7, 11) is 0. The highest BCUT2D eigenvalue weighted by Crippen LogP contribution is 2.15. The lowest BCUT2D eigenvalue weighted by molar-refractivity contribution is 1.30. The predicted octanol–water partition coefficient (Wildman–Crippen LogP) is 3.45. The van der Waals surface area contributed by atoms with Crippen LogP contribution in [0.15, 0.2) is 34.5 Å². The summed E-state index contributed by atoms with van der Waals surface area (Å²) in [6.07, 6.45) is 0. The van der Waals surface area contributed by atoms with Crippen LogP contribution in [-0.4, -0.2) is 0 Å². The number of azide groups is 2. The maximum Gasteiger partial charge on any atom is 0.0750 e. The van der Waals surface area contributed by atoms with Gasteiger partial charge in [-0.25, -0.2) is 0 Å². The van der Waals surface area contributed by atoms with Crippen molar-refractivity contribution in [3.8, 4) is 0 Å². The van der Waals surface area contributed by atoms with E-state index in [1.54, 1.807) is 24.3 Å². The zero-order chi connectivity index (χ0) is 9.52. The minimum atomic E-state index is 0.490. The van der Waals surface area contributed by atoms with Gasteiger partial charge in [-0.1, -0.05) is 28.4 Å². The van der Waals surface area contributed by atoms with Crippen LogP contribution < -0.4 is 0 Å². The van der Waals surface area contributed by atoms with Gasteiger partial charge in [0, 0.05) is 15.5 Å². The molecule has 1 radical (unpaired) electrons. The first-order chi connectivity index (χ1) is 6.36. The Morgan fingerprint density at radius 1 is 1.23 bits per heavy atom. The van der Waals surface area contributed by atoms with Gasteiger partial charge in [-0.3, -0.25) is 0 Å². The molecule has 0 saturated heterocycles. The Balaban J connectivity index is 2.90. The third-order valence-electron chi connectivity index (χ3n) is 1.29. The van der Waals surface area contributed by atoms with E-state index >= 15 is 0 Å². The molecule has 0 aromatic heterocycles. The molecule has 0 saturated carbocycles. The summed E-state index contributed by atoms with van der Waals surface area (Å²) in [6, 6.07) is 6.73. The van der Waals surface area contributed by atoms with Gasteiger partial charge in [-0.15, -0.1) is 0 Å². The standard InChI is InChI=1S/C7H5N6/c8-12-10-5-6-2-1-3-7(4-6)11-13-9/h1-5H. The van der Waals surface area contributed by atoms with Crippen LogP contribution in [0, 0.1) is 6.54 Å². The van der Waals surface area contributed by atoms with Crippen molar-refractivity contribution in [3.05, 3.63) is 57.3 Å². The zero-order valence-corrected chi connectivity index (χ0v) is 6.57. The molecule has 0 aliphatic carbocycles. The smallest absolute Gasteiger partial charge is 0.0750 e. The fraction of sp³-hybridized carbons (Fsp3) is 0. The van der Waals surface area contributed by atoms with Gasteiger partial charge in [0.05, 0.1) is 6.54 Å². The molecule has 0 amide bonds. The number of hydrogen-bond acceptors (Lipinski definition) is 2. The molecule has 0 spiro atoms. The zero-order valence-electron chi connectivity index (χ0n) is 6.57. The summed E-state index contributed by atoms with van der Waals surface area (Å²) in [5.74, 6) is 0. The lowest BCUT2D eigenvalue weighted by Crippen LogP contribution is -1.74. The molecule has 1 aromatic rings. The quantitative estimate of drug-likeness (QED) is 0.380. The van der Waals surface area contributed by atoms with Crippen LogP contribution in [0.25, 0.3) is 20.9 Å². The monoisotopic (exact) mass is 173 g/mol. The third-order valence-corrected chi connectivity index (χ3v) is 1.29. The van der Waals surface area contributed by atoms with Gasteiger partial charge < -0.3 is 0 Å². The number of rotatable bonds is 3. The highest BCUT2D eigenvalue weighted by molar-refractivity contribution is 5.42. The van der Waals surface area contributed by atoms with Crippen molar-refractivity contribution in [2.75, 3.05) is 0 Å². The Morgan fingerprint density at radius 3 is 2.77 bits per heavy atom. The fourth-order valence-corrected chi connectivity index (χ4v) is 0.811. The molecular formula is C7H5N6. The Morgan fingerprint density at radius 2 is 2.08 bits per heavy atom. The number of nitrogens with zero attached hydrogens (tertiary/aromatic N) is 6. The molecule has 13 heavy (non-hydrogen) atoms. The largest absolute Gasteiger partial charge is 0.0851 e. The third kappa shape index (κ3) is 2.75. The second-order valence-corrected chi connectivity index (χ2v) is 2.12. The summed E-state index contributed by atoms with van der Waals surface area (Å²) in [5.41, 5.74) is 17.4. The average Bonchev–Trinajstić information content (AvgIpc) is 2.16. The lowest BCUT2D eigenvalue weighted by atomic mass is 10.2. The first kappa shape index (κ1) is 8.93. The molecule has 0 fully saturated rings. The Kier molecular flexibility index (Phi) is 3.20. The van der Waals surface area contributed by atoms with Crippen molar-refractivity contribution in [3.63, 3.8) is 0 Å². The van der Waals surface area contributed by atoms with Gasteiger partial charge in [0.15, 0.2) is 0 Å². The molecule has 0 heterocycles. The van der Waals surface area contributed by atoms with Gasteiger partial charge >= 0.3 is 0 Å². The van der Waals surface area contributed by atoms with E-state index in [-0.39, 0.29) is 0 Å². The SMILES string of the molecule is [N-]=[N+]=N[CH]c1cccc(N=[N+]=[N-])c1. The van der Waals surface area contributed by atoms with E-state index in [9.17, 15) is 0 Å². The van der Waals surface area contributed by atoms with Crippen LogP contribution in [-0.2, 0) is 0 Å². The van der Waals surface area contributed by atoms with Crippen LogP contribution in [0.1, 0.15) is 5.56 Å². The Bertz CT molecular complexity index is 386. The molecule has 6 heteroatoms. The van der Waals surface area contributed by atoms with Gasteiger partial charge in [0.2, 0.25) is 0 Å². The second-order valence-electron chi connectivity index (χ2n) is 2.12. The number of hydrogen-bond donors (Lipinski definition) is 0. The molecule has 0 atom stereocenters. The molecule has 0 aliphatic rings. The van der Waals surface area contributed by atoms with Crippen LogP contribution >= 0.6 is 0 Å². The predicted molar refractivity (Wildman–Crippen MR) is 47.8 cm³/mol. The summed E-state index contributed by atoms with van der Waals surface area (Å²) in [4.78, 5) is 5.21. The summed E-state index contributed by atoms with van der Waals surface area (Å²) < 4.78 is 0. The molecular weight excluding hydrogens is 168 g/mol. The van der Waals surface area contributed by atoms with Crippen molar-refractivity contribution >= 4 is 5.69 Å². The molecule has 0 unspecified atom stereocenters. The average molecular weight is 173 g/mol. The van der Waals surface area contributed by atoms with E-state index in [4.69, 9.17) is 11.1 Å². The first-order valence-electron chi connectivity index (χ1n) is 3.39. The highest BCUT2D eigenvalue weighted by atomic mass is 15.1. The topological polar surface area (TPSA) is 97.5 Å². The summed E-state index contributed by atoms with van der Waals surface area (Å²) in [6.45, 7) is 1.34. The van der Waals surface area contributed by atoms with E-state index in [0.717, 1.165) is 0 Å². The molecule has 0 aliphatic heterocycles. The number of benzene rings is 1. The van der Waals surface area contributed by atoms with E-state index in [1.807, 2.05) is 0 Å². The first-order valence-corrected chi connectivity index (χ1v) is 3.39. The van der Waals surface area contributed by atoms with E-state index in [0.29, 0.717) is 11.3 Å². The summed E-state index contributed by atoms with van der Waals surface area (Å²) >= 11 is 0.